The molecule has 3 aromatic rings. The van der Waals surface area contributed by atoms with Crippen LogP contribution in [0.3, 0.4) is 0 Å². The van der Waals surface area contributed by atoms with E-state index in [4.69, 9.17) is 5.73 Å². The van der Waals surface area contributed by atoms with Crippen LogP contribution in [0, 0.1) is 6.92 Å². The molecule has 4 N–H and O–H groups in total. The molecule has 0 atom stereocenters. The fourth-order valence-electron chi connectivity index (χ4n) is 3.87. The molecule has 0 aromatic heterocycles. The summed E-state index contributed by atoms with van der Waals surface area (Å²) in [4.78, 5) is 2.44. The van der Waals surface area contributed by atoms with Crippen LogP contribution in [-0.2, 0) is 13.0 Å². The third kappa shape index (κ3) is 4.78. The van der Waals surface area contributed by atoms with Crippen LogP contribution in [0.4, 0.5) is 11.4 Å². The van der Waals surface area contributed by atoms with Crippen molar-refractivity contribution in [3.8, 4) is 11.1 Å². The molecule has 0 fully saturated rings. The second-order valence-corrected chi connectivity index (χ2v) is 7.73. The van der Waals surface area contributed by atoms with Crippen molar-refractivity contribution in [2.45, 2.75) is 19.9 Å². The van der Waals surface area contributed by atoms with E-state index in [1.807, 2.05) is 0 Å². The van der Waals surface area contributed by atoms with Crippen LogP contribution in [0.1, 0.15) is 16.7 Å². The monoisotopic (exact) mass is 386 g/mol. The Balaban J connectivity index is 1.45. The summed E-state index contributed by atoms with van der Waals surface area (Å²) in [6.45, 7) is 6.41. The van der Waals surface area contributed by atoms with Crippen LogP contribution in [0.25, 0.3) is 11.1 Å². The summed E-state index contributed by atoms with van der Waals surface area (Å²) < 4.78 is 0. The molecule has 0 saturated heterocycles. The summed E-state index contributed by atoms with van der Waals surface area (Å²) >= 11 is 0. The van der Waals surface area contributed by atoms with Gasteiger partial charge in [0, 0.05) is 26.2 Å². The number of hydrogen-bond donors (Lipinski definition) is 3. The highest BCUT2D eigenvalue weighted by Crippen LogP contribution is 2.35. The molecule has 0 amide bonds. The van der Waals surface area contributed by atoms with Crippen molar-refractivity contribution in [3.63, 3.8) is 0 Å². The van der Waals surface area contributed by atoms with Gasteiger partial charge >= 0.3 is 0 Å². The Morgan fingerprint density at radius 2 is 1.79 bits per heavy atom. The highest BCUT2D eigenvalue weighted by molar-refractivity contribution is 5.81. The molecule has 1 aliphatic rings. The Hall–Kier alpha value is -2.82. The highest BCUT2D eigenvalue weighted by Gasteiger charge is 2.18. The molecule has 0 aliphatic carbocycles. The average molecular weight is 387 g/mol. The molecular weight excluding hydrogens is 356 g/mol. The van der Waals surface area contributed by atoms with Crippen LogP contribution in [-0.4, -0.2) is 26.3 Å². The normalized spacial score (nSPS) is 12.7. The van der Waals surface area contributed by atoms with Crippen molar-refractivity contribution < 1.29 is 0 Å². The second-order valence-electron chi connectivity index (χ2n) is 7.73. The lowest BCUT2D eigenvalue weighted by Crippen LogP contribution is -2.25. The predicted octanol–water partition coefficient (Wildman–Crippen LogP) is 4.14. The number of nitrogens with zero attached hydrogens (tertiary/aromatic N) is 1. The standard InChI is InChI=1S/C25H30N4/c1-19-3-2-4-20(15-19)11-14-29-18-28-24-10-9-23(16-25(24)29)22-7-5-21(6-8-22)17-27-13-12-26/h2-10,15-16,27-28H,11-14,17-18,26H2,1H3. The van der Waals surface area contributed by atoms with Crippen molar-refractivity contribution in [1.29, 1.82) is 0 Å². The van der Waals surface area contributed by atoms with E-state index in [1.165, 1.54) is 39.2 Å². The first-order valence-electron chi connectivity index (χ1n) is 10.4. The first kappa shape index (κ1) is 19.5. The Labute approximate surface area is 173 Å². The van der Waals surface area contributed by atoms with Gasteiger partial charge in [0.15, 0.2) is 0 Å². The van der Waals surface area contributed by atoms with Gasteiger partial charge in [0.2, 0.25) is 0 Å². The summed E-state index contributed by atoms with van der Waals surface area (Å²) in [5.74, 6) is 0. The van der Waals surface area contributed by atoms with Gasteiger partial charge in [0.05, 0.1) is 18.0 Å². The van der Waals surface area contributed by atoms with Crippen LogP contribution < -0.4 is 21.3 Å². The maximum absolute atomic E-state index is 5.54. The van der Waals surface area contributed by atoms with E-state index in [-0.39, 0.29) is 0 Å². The van der Waals surface area contributed by atoms with Gasteiger partial charge in [-0.2, -0.15) is 0 Å². The van der Waals surface area contributed by atoms with E-state index in [0.717, 1.165) is 32.7 Å². The van der Waals surface area contributed by atoms with Gasteiger partial charge in [-0.05, 0) is 47.7 Å². The molecule has 0 unspecified atom stereocenters. The van der Waals surface area contributed by atoms with Crippen molar-refractivity contribution in [3.05, 3.63) is 83.4 Å². The second kappa shape index (κ2) is 9.12. The smallest absolute Gasteiger partial charge is 0.0877 e. The molecule has 0 spiro atoms. The number of nitrogens with one attached hydrogen (secondary N) is 2. The molecule has 3 aromatic carbocycles. The zero-order valence-electron chi connectivity index (χ0n) is 17.1. The van der Waals surface area contributed by atoms with E-state index >= 15 is 0 Å². The summed E-state index contributed by atoms with van der Waals surface area (Å²) in [6, 6.07) is 24.3. The Bertz CT molecular complexity index is 949. The van der Waals surface area contributed by atoms with Gasteiger partial charge in [-0.3, -0.25) is 0 Å². The summed E-state index contributed by atoms with van der Waals surface area (Å²) in [6.07, 6.45) is 1.05. The van der Waals surface area contributed by atoms with Crippen molar-refractivity contribution in [2.75, 3.05) is 36.5 Å². The number of nitrogens with two attached hydrogens (primary N) is 1. The minimum Gasteiger partial charge on any atom is -0.366 e. The third-order valence-electron chi connectivity index (χ3n) is 5.49. The molecule has 1 heterocycles. The highest BCUT2D eigenvalue weighted by atomic mass is 15.3. The molecule has 1 aliphatic heterocycles. The molecule has 0 saturated carbocycles. The van der Waals surface area contributed by atoms with Gasteiger partial charge in [-0.15, -0.1) is 0 Å². The zero-order valence-corrected chi connectivity index (χ0v) is 17.1. The lowest BCUT2D eigenvalue weighted by Gasteiger charge is -2.19. The van der Waals surface area contributed by atoms with Gasteiger partial charge < -0.3 is 21.3 Å². The predicted molar refractivity (Wildman–Crippen MR) is 123 cm³/mol. The molecule has 150 valence electrons. The minimum absolute atomic E-state index is 0.668. The van der Waals surface area contributed by atoms with Crippen molar-refractivity contribution >= 4 is 11.4 Å². The maximum atomic E-state index is 5.54. The summed E-state index contributed by atoms with van der Waals surface area (Å²) in [5.41, 5.74) is 14.6. The molecule has 4 nitrogen and oxygen atoms in total. The van der Waals surface area contributed by atoms with E-state index in [9.17, 15) is 0 Å². The number of anilines is 2. The number of benzene rings is 3. The number of hydrogen-bond acceptors (Lipinski definition) is 4. The van der Waals surface area contributed by atoms with Crippen LogP contribution >= 0.6 is 0 Å². The molecule has 0 radical (unpaired) electrons. The fourth-order valence-corrected chi connectivity index (χ4v) is 3.87. The topological polar surface area (TPSA) is 53.3 Å². The fraction of sp³-hybridized carbons (Fsp3) is 0.280. The maximum Gasteiger partial charge on any atom is 0.0877 e. The Morgan fingerprint density at radius 1 is 0.966 bits per heavy atom. The molecule has 29 heavy (non-hydrogen) atoms. The molecular formula is C25H30N4. The van der Waals surface area contributed by atoms with E-state index in [2.05, 4.69) is 89.2 Å². The quantitative estimate of drug-likeness (QED) is 0.509. The third-order valence-corrected chi connectivity index (χ3v) is 5.49. The first-order chi connectivity index (χ1) is 14.2. The van der Waals surface area contributed by atoms with Gasteiger partial charge in [-0.25, -0.2) is 0 Å². The average Bonchev–Trinajstić information content (AvgIpc) is 3.15. The van der Waals surface area contributed by atoms with Crippen LogP contribution in [0.15, 0.2) is 66.7 Å². The van der Waals surface area contributed by atoms with Gasteiger partial charge in [0.1, 0.15) is 0 Å². The van der Waals surface area contributed by atoms with Gasteiger partial charge in [-0.1, -0.05) is 60.2 Å². The van der Waals surface area contributed by atoms with Crippen molar-refractivity contribution in [2.24, 2.45) is 5.73 Å². The zero-order chi connectivity index (χ0) is 20.1. The number of aryl methyl sites for hydroxylation is 1. The first-order valence-corrected chi connectivity index (χ1v) is 10.4. The van der Waals surface area contributed by atoms with Crippen LogP contribution in [0.2, 0.25) is 0 Å². The minimum atomic E-state index is 0.668. The lowest BCUT2D eigenvalue weighted by atomic mass is 10.0. The number of fused-ring (bicyclic) bond motifs is 1. The Morgan fingerprint density at radius 3 is 2.59 bits per heavy atom. The van der Waals surface area contributed by atoms with Crippen LogP contribution in [0.5, 0.6) is 0 Å². The largest absolute Gasteiger partial charge is 0.366 e. The Kier molecular flexibility index (Phi) is 6.13. The lowest BCUT2D eigenvalue weighted by molar-refractivity contribution is 0.695. The SMILES string of the molecule is Cc1cccc(CCN2CNc3ccc(-c4ccc(CNCCN)cc4)cc32)c1. The van der Waals surface area contributed by atoms with Crippen molar-refractivity contribution in [1.82, 2.24) is 5.32 Å². The van der Waals surface area contributed by atoms with E-state index in [0.29, 0.717) is 6.54 Å². The van der Waals surface area contributed by atoms with E-state index < -0.39 is 0 Å². The molecule has 4 rings (SSSR count). The number of rotatable bonds is 8. The summed E-state index contributed by atoms with van der Waals surface area (Å²) in [5, 5.41) is 6.86. The summed E-state index contributed by atoms with van der Waals surface area (Å²) in [7, 11) is 0. The molecule has 0 bridgehead atoms. The van der Waals surface area contributed by atoms with Gasteiger partial charge in [0.25, 0.3) is 0 Å². The van der Waals surface area contributed by atoms with E-state index in [1.54, 1.807) is 0 Å². The molecule has 4 heteroatoms.